The number of rotatable bonds is 2. The summed E-state index contributed by atoms with van der Waals surface area (Å²) in [6, 6.07) is 3.52. The van der Waals surface area contributed by atoms with Crippen molar-refractivity contribution in [2.75, 3.05) is 0 Å². The van der Waals surface area contributed by atoms with Crippen LogP contribution in [-0.2, 0) is 0 Å². The van der Waals surface area contributed by atoms with Crippen LogP contribution in [0.1, 0.15) is 9.67 Å². The minimum absolute atomic E-state index is 0.422. The summed E-state index contributed by atoms with van der Waals surface area (Å²) in [5, 5.41) is 1.20. The molecule has 0 atom stereocenters. The third-order valence-electron chi connectivity index (χ3n) is 1.61. The third-order valence-corrected chi connectivity index (χ3v) is 2.79. The van der Waals surface area contributed by atoms with Crippen LogP contribution >= 0.6 is 22.9 Å². The van der Waals surface area contributed by atoms with Gasteiger partial charge in [-0.15, -0.1) is 11.3 Å². The molecule has 2 aromatic rings. The van der Waals surface area contributed by atoms with Crippen molar-refractivity contribution in [1.82, 2.24) is 9.97 Å². The summed E-state index contributed by atoms with van der Waals surface area (Å²) in [6.07, 6.45) is 3.94. The highest BCUT2D eigenvalue weighted by Crippen LogP contribution is 2.25. The van der Waals surface area contributed by atoms with Crippen molar-refractivity contribution in [3.63, 3.8) is 0 Å². The van der Waals surface area contributed by atoms with Crippen LogP contribution in [0.5, 0.6) is 0 Å². The lowest BCUT2D eigenvalue weighted by Crippen LogP contribution is -1.77. The smallest absolute Gasteiger partial charge is 0.161 e. The fraction of sp³-hybridized carbons (Fsp3) is 0. The average Bonchev–Trinajstić information content (AvgIpc) is 2.66. The van der Waals surface area contributed by atoms with Crippen LogP contribution in [-0.4, -0.2) is 16.3 Å². The second-order valence-electron chi connectivity index (χ2n) is 2.55. The Labute approximate surface area is 89.4 Å². The fourth-order valence-electron chi connectivity index (χ4n) is 1.01. The van der Waals surface area contributed by atoms with Gasteiger partial charge in [0.05, 0.1) is 4.88 Å². The van der Waals surface area contributed by atoms with Crippen LogP contribution in [0.25, 0.3) is 10.6 Å². The Kier molecular flexibility index (Phi) is 2.56. The molecule has 0 N–H and O–H groups in total. The molecule has 3 nitrogen and oxygen atoms in total. The summed E-state index contributed by atoms with van der Waals surface area (Å²) in [4.78, 5) is 19.0. The summed E-state index contributed by atoms with van der Waals surface area (Å²) < 4.78 is 0. The predicted octanol–water partition coefficient (Wildman–Crippen LogP) is 2.67. The largest absolute Gasteiger partial charge is 0.297 e. The third kappa shape index (κ3) is 1.81. The van der Waals surface area contributed by atoms with E-state index in [2.05, 4.69) is 9.97 Å². The molecule has 0 fully saturated rings. The first-order chi connectivity index (χ1) is 6.79. The zero-order valence-corrected chi connectivity index (χ0v) is 8.55. The van der Waals surface area contributed by atoms with Crippen molar-refractivity contribution in [2.45, 2.75) is 0 Å². The van der Waals surface area contributed by atoms with Gasteiger partial charge in [0.25, 0.3) is 0 Å². The molecular formula is C9H5ClN2OS. The van der Waals surface area contributed by atoms with Crippen LogP contribution in [0.15, 0.2) is 24.5 Å². The number of thiazole rings is 1. The van der Waals surface area contributed by atoms with Crippen molar-refractivity contribution in [1.29, 1.82) is 0 Å². The molecule has 5 heteroatoms. The number of aromatic nitrogens is 2. The lowest BCUT2D eigenvalue weighted by atomic mass is 10.3. The van der Waals surface area contributed by atoms with Gasteiger partial charge in [0.2, 0.25) is 0 Å². The monoisotopic (exact) mass is 224 g/mol. The van der Waals surface area contributed by atoms with E-state index in [1.165, 1.54) is 11.3 Å². The maximum Gasteiger partial charge on any atom is 0.161 e. The van der Waals surface area contributed by atoms with Gasteiger partial charge in [-0.05, 0) is 12.1 Å². The Morgan fingerprint density at radius 3 is 2.93 bits per heavy atom. The minimum Gasteiger partial charge on any atom is -0.297 e. The van der Waals surface area contributed by atoms with Crippen LogP contribution < -0.4 is 0 Å². The molecule has 0 amide bonds. The van der Waals surface area contributed by atoms with Crippen molar-refractivity contribution in [3.05, 3.63) is 34.6 Å². The van der Waals surface area contributed by atoms with E-state index < -0.39 is 0 Å². The van der Waals surface area contributed by atoms with E-state index in [1.54, 1.807) is 24.5 Å². The SMILES string of the molecule is O=Cc1cnc(-c2ccnc(Cl)c2)s1. The Morgan fingerprint density at radius 1 is 1.43 bits per heavy atom. The van der Waals surface area contributed by atoms with Gasteiger partial charge < -0.3 is 0 Å². The normalized spacial score (nSPS) is 10.1. The summed E-state index contributed by atoms with van der Waals surface area (Å²) in [7, 11) is 0. The number of aldehydes is 1. The number of pyridine rings is 1. The summed E-state index contributed by atoms with van der Waals surface area (Å²) >= 11 is 7.06. The molecule has 0 unspecified atom stereocenters. The first-order valence-electron chi connectivity index (χ1n) is 3.82. The van der Waals surface area contributed by atoms with Crippen LogP contribution in [0, 0.1) is 0 Å². The molecule has 0 aromatic carbocycles. The van der Waals surface area contributed by atoms with E-state index in [9.17, 15) is 4.79 Å². The lowest BCUT2D eigenvalue weighted by Gasteiger charge is -1.94. The Bertz CT molecular complexity index is 469. The zero-order chi connectivity index (χ0) is 9.97. The molecule has 0 saturated carbocycles. The summed E-state index contributed by atoms with van der Waals surface area (Å²) in [6.45, 7) is 0. The Morgan fingerprint density at radius 2 is 2.29 bits per heavy atom. The van der Waals surface area contributed by atoms with Gasteiger partial charge >= 0.3 is 0 Å². The molecule has 2 rings (SSSR count). The van der Waals surface area contributed by atoms with Gasteiger partial charge in [0.15, 0.2) is 6.29 Å². The van der Waals surface area contributed by atoms with Gasteiger partial charge in [-0.1, -0.05) is 11.6 Å². The Balaban J connectivity index is 2.43. The number of nitrogens with zero attached hydrogens (tertiary/aromatic N) is 2. The van der Waals surface area contributed by atoms with Crippen molar-refractivity contribution in [2.24, 2.45) is 0 Å². The van der Waals surface area contributed by atoms with Crippen LogP contribution in [0.2, 0.25) is 5.15 Å². The zero-order valence-electron chi connectivity index (χ0n) is 6.98. The summed E-state index contributed by atoms with van der Waals surface area (Å²) in [5.41, 5.74) is 0.878. The van der Waals surface area contributed by atoms with E-state index in [0.717, 1.165) is 16.9 Å². The first-order valence-corrected chi connectivity index (χ1v) is 5.02. The molecule has 0 aliphatic carbocycles. The van der Waals surface area contributed by atoms with Crippen molar-refractivity contribution in [3.8, 4) is 10.6 Å². The highest BCUT2D eigenvalue weighted by molar-refractivity contribution is 7.16. The second kappa shape index (κ2) is 3.86. The highest BCUT2D eigenvalue weighted by atomic mass is 35.5. The molecular weight excluding hydrogens is 220 g/mol. The van der Waals surface area contributed by atoms with Crippen LogP contribution in [0.4, 0.5) is 0 Å². The van der Waals surface area contributed by atoms with Gasteiger partial charge in [0.1, 0.15) is 10.2 Å². The van der Waals surface area contributed by atoms with E-state index in [0.29, 0.717) is 10.0 Å². The molecule has 2 heterocycles. The number of halogens is 1. The van der Waals surface area contributed by atoms with Gasteiger partial charge in [-0.25, -0.2) is 9.97 Å². The maximum absolute atomic E-state index is 10.5. The maximum atomic E-state index is 10.5. The molecule has 0 spiro atoms. The predicted molar refractivity (Wildman–Crippen MR) is 55.7 cm³/mol. The number of carbonyl (C=O) groups is 1. The number of carbonyl (C=O) groups excluding carboxylic acids is 1. The van der Waals surface area contributed by atoms with Gasteiger partial charge in [-0.3, -0.25) is 4.79 Å². The fourth-order valence-corrected chi connectivity index (χ4v) is 1.91. The molecule has 2 aromatic heterocycles. The Hall–Kier alpha value is -1.26. The molecule has 0 aliphatic rings. The second-order valence-corrected chi connectivity index (χ2v) is 4.00. The molecule has 0 saturated heterocycles. The standard InChI is InChI=1S/C9H5ClN2OS/c10-8-3-6(1-2-11-8)9-12-4-7(5-13)14-9/h1-5H. The van der Waals surface area contributed by atoms with Gasteiger partial charge in [0, 0.05) is 18.0 Å². The quantitative estimate of drug-likeness (QED) is 0.582. The van der Waals surface area contributed by atoms with E-state index in [-0.39, 0.29) is 0 Å². The molecule has 0 radical (unpaired) electrons. The highest BCUT2D eigenvalue weighted by Gasteiger charge is 2.04. The minimum atomic E-state index is 0.422. The van der Waals surface area contributed by atoms with E-state index >= 15 is 0 Å². The lowest BCUT2D eigenvalue weighted by molar-refractivity contribution is 0.112. The van der Waals surface area contributed by atoms with E-state index in [1.807, 2.05) is 0 Å². The molecule has 0 aliphatic heterocycles. The van der Waals surface area contributed by atoms with Crippen LogP contribution in [0.3, 0.4) is 0 Å². The first kappa shape index (κ1) is 9.30. The van der Waals surface area contributed by atoms with Crippen molar-refractivity contribution < 1.29 is 4.79 Å². The topological polar surface area (TPSA) is 42.9 Å². The summed E-state index contributed by atoms with van der Waals surface area (Å²) in [5.74, 6) is 0. The van der Waals surface area contributed by atoms with Crippen molar-refractivity contribution >= 4 is 29.2 Å². The number of hydrogen-bond donors (Lipinski definition) is 0. The number of hydrogen-bond acceptors (Lipinski definition) is 4. The molecule has 70 valence electrons. The molecule has 0 bridgehead atoms. The molecule has 14 heavy (non-hydrogen) atoms. The average molecular weight is 225 g/mol. The van der Waals surface area contributed by atoms with Gasteiger partial charge in [-0.2, -0.15) is 0 Å². The van der Waals surface area contributed by atoms with E-state index in [4.69, 9.17) is 11.6 Å².